The Labute approximate surface area is 109 Å². The molecule has 2 nitrogen and oxygen atoms in total. The number of ether oxygens (including phenoxy) is 1. The number of methoxy groups -OCH3 is 1. The predicted octanol–water partition coefficient (Wildman–Crippen LogP) is 3.57. The molecular weight excluding hydrogens is 224 g/mol. The molecule has 4 unspecified atom stereocenters. The normalized spacial score (nSPS) is 31.5. The van der Waals surface area contributed by atoms with Gasteiger partial charge in [0.25, 0.3) is 0 Å². The van der Waals surface area contributed by atoms with Crippen LogP contribution in [0.15, 0.2) is 30.3 Å². The average Bonchev–Trinajstić information content (AvgIpc) is 2.67. The quantitative estimate of drug-likeness (QED) is 0.759. The summed E-state index contributed by atoms with van der Waals surface area (Å²) in [5.74, 6) is 1.82. The molecule has 0 heterocycles. The van der Waals surface area contributed by atoms with Crippen LogP contribution in [0, 0.1) is 17.8 Å². The van der Waals surface area contributed by atoms with E-state index in [0.29, 0.717) is 30.3 Å². The fraction of sp³-hybridized carbons (Fsp3) is 0.562. The number of hydrogen-bond donors (Lipinski definition) is 0. The molecule has 4 atom stereocenters. The van der Waals surface area contributed by atoms with Crippen molar-refractivity contribution in [1.82, 2.24) is 0 Å². The third-order valence-electron chi connectivity index (χ3n) is 4.54. The van der Waals surface area contributed by atoms with Crippen molar-refractivity contribution in [2.24, 2.45) is 17.8 Å². The molecule has 1 fully saturated rings. The maximum absolute atomic E-state index is 12.2. The van der Waals surface area contributed by atoms with Crippen LogP contribution >= 0.6 is 0 Å². The Kier molecular flexibility index (Phi) is 4.18. The van der Waals surface area contributed by atoms with Gasteiger partial charge in [-0.1, -0.05) is 44.2 Å². The van der Waals surface area contributed by atoms with Gasteiger partial charge in [-0.3, -0.25) is 4.79 Å². The molecule has 1 aliphatic rings. The van der Waals surface area contributed by atoms with E-state index in [4.69, 9.17) is 4.74 Å². The molecule has 18 heavy (non-hydrogen) atoms. The number of carbonyl (C=O) groups is 1. The van der Waals surface area contributed by atoms with Crippen LogP contribution in [0.4, 0.5) is 0 Å². The van der Waals surface area contributed by atoms with Crippen molar-refractivity contribution >= 4 is 5.78 Å². The molecule has 0 bridgehead atoms. The Morgan fingerprint density at radius 3 is 2.44 bits per heavy atom. The van der Waals surface area contributed by atoms with Gasteiger partial charge in [0.1, 0.15) is 0 Å². The minimum Gasteiger partial charge on any atom is -0.381 e. The predicted molar refractivity (Wildman–Crippen MR) is 72.6 cm³/mol. The van der Waals surface area contributed by atoms with Crippen LogP contribution in [-0.2, 0) is 4.74 Å². The van der Waals surface area contributed by atoms with Gasteiger partial charge in [-0.15, -0.1) is 0 Å². The van der Waals surface area contributed by atoms with Gasteiger partial charge >= 0.3 is 0 Å². The molecule has 0 amide bonds. The Hall–Kier alpha value is -1.15. The van der Waals surface area contributed by atoms with Crippen LogP contribution in [0.3, 0.4) is 0 Å². The van der Waals surface area contributed by atoms with E-state index in [-0.39, 0.29) is 5.78 Å². The molecule has 0 aliphatic heterocycles. The minimum atomic E-state index is 0.261. The van der Waals surface area contributed by atoms with E-state index in [2.05, 4.69) is 13.8 Å². The average molecular weight is 246 g/mol. The fourth-order valence-corrected chi connectivity index (χ4v) is 3.06. The lowest BCUT2D eigenvalue weighted by atomic mass is 9.87. The van der Waals surface area contributed by atoms with E-state index in [1.807, 2.05) is 30.3 Å². The molecule has 1 aromatic rings. The molecule has 1 aromatic carbocycles. The fourth-order valence-electron chi connectivity index (χ4n) is 3.06. The molecule has 0 spiro atoms. The van der Waals surface area contributed by atoms with Crippen LogP contribution in [0.5, 0.6) is 0 Å². The van der Waals surface area contributed by atoms with Crippen LogP contribution in [0.1, 0.15) is 37.0 Å². The monoisotopic (exact) mass is 246 g/mol. The minimum absolute atomic E-state index is 0.261. The Morgan fingerprint density at radius 1 is 1.22 bits per heavy atom. The van der Waals surface area contributed by atoms with E-state index < -0.39 is 0 Å². The maximum atomic E-state index is 12.2. The first kappa shape index (κ1) is 13.3. The summed E-state index contributed by atoms with van der Waals surface area (Å²) < 4.78 is 5.50. The van der Waals surface area contributed by atoms with Gasteiger partial charge in [-0.2, -0.15) is 0 Å². The summed E-state index contributed by atoms with van der Waals surface area (Å²) >= 11 is 0. The Morgan fingerprint density at radius 2 is 1.89 bits per heavy atom. The molecule has 2 heteroatoms. The number of benzene rings is 1. The maximum Gasteiger partial charge on any atom is 0.163 e. The molecule has 0 radical (unpaired) electrons. The Bertz CT molecular complexity index is 399. The van der Waals surface area contributed by atoms with Crippen molar-refractivity contribution < 1.29 is 9.53 Å². The van der Waals surface area contributed by atoms with Crippen molar-refractivity contribution in [1.29, 1.82) is 0 Å². The number of rotatable bonds is 4. The highest BCUT2D eigenvalue weighted by atomic mass is 16.5. The van der Waals surface area contributed by atoms with Gasteiger partial charge in [0.05, 0.1) is 6.10 Å². The van der Waals surface area contributed by atoms with Gasteiger partial charge in [0.15, 0.2) is 5.78 Å². The molecular formula is C16H22O2. The van der Waals surface area contributed by atoms with E-state index in [9.17, 15) is 4.79 Å². The van der Waals surface area contributed by atoms with Gasteiger partial charge in [0, 0.05) is 19.1 Å². The highest BCUT2D eigenvalue weighted by molar-refractivity contribution is 5.96. The smallest absolute Gasteiger partial charge is 0.163 e. The van der Waals surface area contributed by atoms with E-state index >= 15 is 0 Å². The summed E-state index contributed by atoms with van der Waals surface area (Å²) in [5.41, 5.74) is 0.832. The van der Waals surface area contributed by atoms with Gasteiger partial charge in [0.2, 0.25) is 0 Å². The lowest BCUT2D eigenvalue weighted by Gasteiger charge is -2.18. The highest BCUT2D eigenvalue weighted by Gasteiger charge is 2.38. The zero-order chi connectivity index (χ0) is 13.1. The molecule has 2 rings (SSSR count). The first-order chi connectivity index (χ1) is 8.63. The SMILES string of the molecule is COC1CC(CC(=O)c2ccccc2)C(C)C1C. The highest BCUT2D eigenvalue weighted by Crippen LogP contribution is 2.40. The topological polar surface area (TPSA) is 26.3 Å². The third-order valence-corrected chi connectivity index (χ3v) is 4.54. The summed E-state index contributed by atoms with van der Waals surface area (Å²) in [6.45, 7) is 4.47. The first-order valence-corrected chi connectivity index (χ1v) is 6.74. The zero-order valence-corrected chi connectivity index (χ0v) is 11.4. The van der Waals surface area contributed by atoms with E-state index in [1.165, 1.54) is 0 Å². The second-order valence-electron chi connectivity index (χ2n) is 5.48. The zero-order valence-electron chi connectivity index (χ0n) is 11.4. The summed E-state index contributed by atoms with van der Waals surface area (Å²) in [6, 6.07) is 9.59. The lowest BCUT2D eigenvalue weighted by molar-refractivity contribution is 0.0695. The molecule has 1 saturated carbocycles. The summed E-state index contributed by atoms with van der Waals surface area (Å²) in [6.07, 6.45) is 1.97. The van der Waals surface area contributed by atoms with Crippen molar-refractivity contribution in [2.45, 2.75) is 32.8 Å². The molecule has 0 aromatic heterocycles. The summed E-state index contributed by atoms with van der Waals surface area (Å²) in [5, 5.41) is 0. The molecule has 0 saturated heterocycles. The molecule has 1 aliphatic carbocycles. The largest absolute Gasteiger partial charge is 0.381 e. The van der Waals surface area contributed by atoms with E-state index in [0.717, 1.165) is 12.0 Å². The molecule has 98 valence electrons. The van der Waals surface area contributed by atoms with Gasteiger partial charge in [-0.05, 0) is 24.2 Å². The third kappa shape index (κ3) is 2.64. The van der Waals surface area contributed by atoms with Gasteiger partial charge in [-0.25, -0.2) is 0 Å². The number of ketones is 1. The number of hydrogen-bond acceptors (Lipinski definition) is 2. The lowest BCUT2D eigenvalue weighted by Crippen LogP contribution is -2.16. The standard InChI is InChI=1S/C16H22O2/c1-11-12(2)16(18-3)10-14(11)9-15(17)13-7-5-4-6-8-13/h4-8,11-12,14,16H,9-10H2,1-3H3. The first-order valence-electron chi connectivity index (χ1n) is 6.74. The van der Waals surface area contributed by atoms with E-state index in [1.54, 1.807) is 7.11 Å². The van der Waals surface area contributed by atoms with Crippen LogP contribution < -0.4 is 0 Å². The van der Waals surface area contributed by atoms with Crippen molar-refractivity contribution in [2.75, 3.05) is 7.11 Å². The number of Topliss-reactive ketones (excluding diaryl/α,β-unsaturated/α-hetero) is 1. The number of carbonyl (C=O) groups excluding carboxylic acids is 1. The molecule has 0 N–H and O–H groups in total. The Balaban J connectivity index is 2.00. The van der Waals surface area contributed by atoms with Crippen LogP contribution in [0.25, 0.3) is 0 Å². The van der Waals surface area contributed by atoms with Crippen LogP contribution in [0.2, 0.25) is 0 Å². The summed E-state index contributed by atoms with van der Waals surface area (Å²) in [4.78, 5) is 12.2. The van der Waals surface area contributed by atoms with Crippen molar-refractivity contribution in [3.05, 3.63) is 35.9 Å². The summed E-state index contributed by atoms with van der Waals surface area (Å²) in [7, 11) is 1.77. The van der Waals surface area contributed by atoms with Crippen LogP contribution in [-0.4, -0.2) is 19.0 Å². The van der Waals surface area contributed by atoms with Gasteiger partial charge < -0.3 is 4.74 Å². The van der Waals surface area contributed by atoms with Crippen molar-refractivity contribution in [3.63, 3.8) is 0 Å². The van der Waals surface area contributed by atoms with Crippen molar-refractivity contribution in [3.8, 4) is 0 Å². The second-order valence-corrected chi connectivity index (χ2v) is 5.48. The second kappa shape index (κ2) is 5.66.